The fraction of sp³-hybridized carbons (Fsp3) is 0.167. The van der Waals surface area contributed by atoms with Crippen LogP contribution in [-0.4, -0.2) is 18.2 Å². The van der Waals surface area contributed by atoms with Crippen molar-refractivity contribution in [2.45, 2.75) is 6.92 Å². The average Bonchev–Trinajstić information content (AvgIpc) is 2.29. The average molecular weight is 240 g/mol. The van der Waals surface area contributed by atoms with Crippen LogP contribution in [-0.2, 0) is 4.79 Å². The van der Waals surface area contributed by atoms with E-state index < -0.39 is 5.97 Å². The van der Waals surface area contributed by atoms with Gasteiger partial charge in [-0.15, -0.1) is 0 Å². The standard InChI is InChI=1S/C12H14N2O2.Na/c1-10(12(15)16)14-13-9-5-8-11-6-3-2-4-7-11;/h2-8,13H,9H2,1H3,(H,15,16);/q;+1/p-1/b8-5+,14-10?;. The predicted octanol–water partition coefficient (Wildman–Crippen LogP) is -2.58. The quantitative estimate of drug-likeness (QED) is 0.266. The summed E-state index contributed by atoms with van der Waals surface area (Å²) in [4.78, 5) is 10.3. The molecule has 4 nitrogen and oxygen atoms in total. The molecular weight excluding hydrogens is 227 g/mol. The van der Waals surface area contributed by atoms with Crippen molar-refractivity contribution in [1.29, 1.82) is 0 Å². The number of hydrazone groups is 1. The molecule has 0 aliphatic heterocycles. The van der Waals surface area contributed by atoms with Gasteiger partial charge in [-0.05, 0) is 12.5 Å². The first-order valence-electron chi connectivity index (χ1n) is 4.90. The number of carbonyl (C=O) groups is 1. The van der Waals surface area contributed by atoms with E-state index in [0.717, 1.165) is 5.56 Å². The van der Waals surface area contributed by atoms with Crippen molar-refractivity contribution in [3.05, 3.63) is 42.0 Å². The van der Waals surface area contributed by atoms with Crippen LogP contribution < -0.4 is 40.1 Å². The van der Waals surface area contributed by atoms with Crippen LogP contribution in [0.5, 0.6) is 0 Å². The van der Waals surface area contributed by atoms with Gasteiger partial charge < -0.3 is 15.3 Å². The van der Waals surface area contributed by atoms with E-state index in [9.17, 15) is 9.90 Å². The van der Waals surface area contributed by atoms with Crippen LogP contribution in [0.3, 0.4) is 0 Å². The topological polar surface area (TPSA) is 64.5 Å². The van der Waals surface area contributed by atoms with Crippen molar-refractivity contribution in [1.82, 2.24) is 5.43 Å². The Morgan fingerprint density at radius 1 is 1.41 bits per heavy atom. The Morgan fingerprint density at radius 3 is 2.65 bits per heavy atom. The van der Waals surface area contributed by atoms with Crippen molar-refractivity contribution in [3.63, 3.8) is 0 Å². The van der Waals surface area contributed by atoms with E-state index in [1.54, 1.807) is 0 Å². The monoisotopic (exact) mass is 240 g/mol. The van der Waals surface area contributed by atoms with Crippen LogP contribution in [0.15, 0.2) is 41.5 Å². The smallest absolute Gasteiger partial charge is 0.543 e. The molecule has 5 heteroatoms. The molecule has 0 heterocycles. The summed E-state index contributed by atoms with van der Waals surface area (Å²) < 4.78 is 0. The molecule has 0 atom stereocenters. The maximum atomic E-state index is 10.3. The number of carboxylic acids is 1. The van der Waals surface area contributed by atoms with E-state index in [1.807, 2.05) is 42.5 Å². The first kappa shape index (κ1) is 15.9. The van der Waals surface area contributed by atoms with Gasteiger partial charge in [0.15, 0.2) is 0 Å². The summed E-state index contributed by atoms with van der Waals surface area (Å²) in [6.45, 7) is 1.85. The minimum atomic E-state index is -1.26. The van der Waals surface area contributed by atoms with E-state index in [0.29, 0.717) is 6.54 Å². The van der Waals surface area contributed by atoms with Gasteiger partial charge in [-0.3, -0.25) is 0 Å². The van der Waals surface area contributed by atoms with Crippen molar-refractivity contribution in [2.75, 3.05) is 6.54 Å². The van der Waals surface area contributed by atoms with Gasteiger partial charge in [0.25, 0.3) is 0 Å². The largest absolute Gasteiger partial charge is 1.00 e. The number of benzene rings is 1. The third-order valence-corrected chi connectivity index (χ3v) is 1.86. The fourth-order valence-corrected chi connectivity index (χ4v) is 1.02. The first-order valence-corrected chi connectivity index (χ1v) is 4.90. The van der Waals surface area contributed by atoms with Crippen molar-refractivity contribution in [2.24, 2.45) is 5.10 Å². The maximum absolute atomic E-state index is 10.3. The van der Waals surface area contributed by atoms with E-state index in [1.165, 1.54) is 6.92 Å². The van der Waals surface area contributed by atoms with E-state index >= 15 is 0 Å². The Bertz CT molecular complexity index is 402. The summed E-state index contributed by atoms with van der Waals surface area (Å²) in [6.07, 6.45) is 3.79. The number of nitrogens with zero attached hydrogens (tertiary/aromatic N) is 1. The van der Waals surface area contributed by atoms with E-state index in [-0.39, 0.29) is 35.3 Å². The molecule has 0 spiro atoms. The molecule has 0 saturated heterocycles. The summed E-state index contributed by atoms with van der Waals surface area (Å²) in [5.41, 5.74) is 3.64. The third kappa shape index (κ3) is 6.94. The molecule has 0 aliphatic carbocycles. The predicted molar refractivity (Wildman–Crippen MR) is 61.6 cm³/mol. The van der Waals surface area contributed by atoms with Gasteiger partial charge in [-0.1, -0.05) is 42.5 Å². The van der Waals surface area contributed by atoms with Crippen molar-refractivity contribution in [3.8, 4) is 0 Å². The summed E-state index contributed by atoms with van der Waals surface area (Å²) in [5, 5.41) is 13.9. The number of carbonyl (C=O) groups excluding carboxylic acids is 1. The molecule has 0 bridgehead atoms. The molecule has 0 aliphatic rings. The molecule has 1 rings (SSSR count). The molecule has 17 heavy (non-hydrogen) atoms. The van der Waals surface area contributed by atoms with Crippen molar-refractivity contribution < 1.29 is 39.5 Å². The van der Waals surface area contributed by atoms with Gasteiger partial charge in [0.05, 0.1) is 18.2 Å². The Kier molecular flexibility index (Phi) is 8.40. The molecule has 1 aromatic carbocycles. The van der Waals surface area contributed by atoms with E-state index in [2.05, 4.69) is 10.5 Å². The second-order valence-corrected chi connectivity index (χ2v) is 3.16. The second-order valence-electron chi connectivity index (χ2n) is 3.16. The Morgan fingerprint density at radius 2 is 2.06 bits per heavy atom. The molecule has 1 aromatic rings. The molecule has 0 amide bonds. The van der Waals surface area contributed by atoms with Gasteiger partial charge in [0.2, 0.25) is 0 Å². The van der Waals surface area contributed by atoms with E-state index in [4.69, 9.17) is 0 Å². The van der Waals surface area contributed by atoms with Gasteiger partial charge in [0, 0.05) is 0 Å². The van der Waals surface area contributed by atoms with Crippen LogP contribution >= 0.6 is 0 Å². The first-order chi connectivity index (χ1) is 7.70. The summed E-state index contributed by atoms with van der Waals surface area (Å²) in [6, 6.07) is 9.80. The minimum Gasteiger partial charge on any atom is -0.543 e. The van der Waals surface area contributed by atoms with Crippen LogP contribution in [0.4, 0.5) is 0 Å². The van der Waals surface area contributed by atoms with Crippen LogP contribution in [0, 0.1) is 0 Å². The molecular formula is C12H13N2NaO2. The third-order valence-electron chi connectivity index (χ3n) is 1.86. The SMILES string of the molecule is CC(=NNC/C=C/c1ccccc1)C(=O)[O-].[Na+]. The van der Waals surface area contributed by atoms with Crippen LogP contribution in [0.25, 0.3) is 6.08 Å². The molecule has 84 valence electrons. The van der Waals surface area contributed by atoms with Crippen LogP contribution in [0.2, 0.25) is 0 Å². The maximum Gasteiger partial charge on any atom is 1.00 e. The van der Waals surface area contributed by atoms with Gasteiger partial charge >= 0.3 is 29.6 Å². The zero-order chi connectivity index (χ0) is 11.8. The molecule has 0 aromatic heterocycles. The molecule has 1 N–H and O–H groups in total. The zero-order valence-corrected chi connectivity index (χ0v) is 12.0. The molecule has 0 saturated carbocycles. The molecule has 0 radical (unpaired) electrons. The molecule has 0 unspecified atom stereocenters. The number of rotatable bonds is 5. The zero-order valence-electron chi connectivity index (χ0n) is 10.0. The Hall–Kier alpha value is -1.10. The van der Waals surface area contributed by atoms with Crippen molar-refractivity contribution >= 4 is 17.8 Å². The Labute approximate surface area is 123 Å². The van der Waals surface area contributed by atoms with Gasteiger partial charge in [-0.25, -0.2) is 0 Å². The second kappa shape index (κ2) is 8.98. The summed E-state index contributed by atoms with van der Waals surface area (Å²) >= 11 is 0. The molecule has 0 fully saturated rings. The Balaban J connectivity index is 0.00000256. The van der Waals surface area contributed by atoms with Gasteiger partial charge in [-0.2, -0.15) is 5.10 Å². The summed E-state index contributed by atoms with van der Waals surface area (Å²) in [7, 11) is 0. The number of carboxylic acid groups (broad SMARTS) is 1. The normalized spacial score (nSPS) is 11.0. The fourth-order valence-electron chi connectivity index (χ4n) is 1.02. The van der Waals surface area contributed by atoms with Crippen LogP contribution in [0.1, 0.15) is 12.5 Å². The number of hydrogen-bond acceptors (Lipinski definition) is 4. The minimum absolute atomic E-state index is 0. The summed E-state index contributed by atoms with van der Waals surface area (Å²) in [5.74, 6) is -1.26. The number of aliphatic carboxylic acids is 1. The number of hydrogen-bond donors (Lipinski definition) is 1. The number of nitrogens with one attached hydrogen (secondary N) is 1. The van der Waals surface area contributed by atoms with Gasteiger partial charge in [0.1, 0.15) is 0 Å².